The summed E-state index contributed by atoms with van der Waals surface area (Å²) >= 11 is 0. The summed E-state index contributed by atoms with van der Waals surface area (Å²) in [5, 5.41) is 0. The second-order valence-electron chi connectivity index (χ2n) is 8.14. The van der Waals surface area contributed by atoms with Gasteiger partial charge in [-0.2, -0.15) is 8.78 Å². The number of halogens is 8. The highest BCUT2D eigenvalue weighted by Crippen LogP contribution is 2.35. The molecule has 0 aliphatic carbocycles. The minimum atomic E-state index is -3.37. The molecule has 0 aliphatic heterocycles. The molecule has 0 atom stereocenters. The largest absolute Gasteiger partial charge is 0.469 e. The third-order valence-corrected chi connectivity index (χ3v) is 5.77. The van der Waals surface area contributed by atoms with E-state index < -0.39 is 47.1 Å². The predicted octanol–water partition coefficient (Wildman–Crippen LogP) is 9.78. The molecule has 0 saturated heterocycles. The molecule has 0 fully saturated rings. The molecule has 0 N–H and O–H groups in total. The first-order valence-corrected chi connectivity index (χ1v) is 11.3. The highest BCUT2D eigenvalue weighted by atomic mass is 19.3. The summed E-state index contributed by atoms with van der Waals surface area (Å²) in [6.07, 6.45) is -3.37. The van der Waals surface area contributed by atoms with E-state index >= 15 is 0 Å². The highest BCUT2D eigenvalue weighted by molar-refractivity contribution is 5.75. The maximum atomic E-state index is 15.0. The molecule has 0 amide bonds. The van der Waals surface area contributed by atoms with Gasteiger partial charge in [-0.25, -0.2) is 26.3 Å². The Kier molecular flexibility index (Phi) is 7.85. The van der Waals surface area contributed by atoms with Crippen molar-refractivity contribution in [1.82, 2.24) is 0 Å². The zero-order valence-electron chi connectivity index (χ0n) is 19.6. The third kappa shape index (κ3) is 5.41. The van der Waals surface area contributed by atoms with E-state index in [1.54, 1.807) is 6.07 Å². The standard InChI is InChI=1S/C29H18F8O/c1-2-38-29(37)27(34)16-5-3-15(4-6-16)17-7-9-20(22(30)11-17)18-8-10-21(23(31)12-18)19-13-24(32)26(28(35)36)25(33)14-19/h3-14,28H,2H2,1H3/b29-27-. The summed E-state index contributed by atoms with van der Waals surface area (Å²) in [7, 11) is 0. The van der Waals surface area contributed by atoms with E-state index in [1.165, 1.54) is 49.4 Å². The van der Waals surface area contributed by atoms with Crippen LogP contribution in [0.4, 0.5) is 35.1 Å². The molecule has 9 heteroatoms. The SMILES string of the molecule is CCO/C(F)=C(\F)c1ccc(-c2ccc(-c3ccc(-c4cc(F)c(C(F)F)c(F)c4)c(F)c3)c(F)c2)cc1. The number of alkyl halides is 2. The lowest BCUT2D eigenvalue weighted by atomic mass is 9.96. The van der Waals surface area contributed by atoms with Gasteiger partial charge in [0.1, 0.15) is 23.3 Å². The van der Waals surface area contributed by atoms with Crippen LogP contribution in [0, 0.1) is 23.3 Å². The molecule has 196 valence electrons. The van der Waals surface area contributed by atoms with Gasteiger partial charge in [0.15, 0.2) is 0 Å². The summed E-state index contributed by atoms with van der Waals surface area (Å²) in [4.78, 5) is 0. The molecular formula is C29H18F8O. The van der Waals surface area contributed by atoms with Gasteiger partial charge < -0.3 is 4.74 Å². The maximum Gasteiger partial charge on any atom is 0.309 e. The molecule has 0 spiro atoms. The summed E-state index contributed by atoms with van der Waals surface area (Å²) in [5.74, 6) is -5.84. The van der Waals surface area contributed by atoms with Crippen molar-refractivity contribution in [3.8, 4) is 33.4 Å². The van der Waals surface area contributed by atoms with E-state index in [-0.39, 0.29) is 34.4 Å². The summed E-state index contributed by atoms with van der Waals surface area (Å²) in [6.45, 7) is 1.47. The minimum absolute atomic E-state index is 0.0222. The zero-order valence-corrected chi connectivity index (χ0v) is 19.6. The molecule has 4 rings (SSSR count). The second kappa shape index (κ2) is 11.1. The molecule has 0 radical (unpaired) electrons. The fourth-order valence-corrected chi connectivity index (χ4v) is 3.91. The number of ether oxygens (including phenoxy) is 1. The smallest absolute Gasteiger partial charge is 0.309 e. The van der Waals surface area contributed by atoms with Crippen molar-refractivity contribution < 1.29 is 39.9 Å². The van der Waals surface area contributed by atoms with Crippen LogP contribution in [0.15, 0.2) is 78.8 Å². The molecule has 4 aromatic rings. The van der Waals surface area contributed by atoms with Gasteiger partial charge in [-0.1, -0.05) is 48.5 Å². The summed E-state index contributed by atoms with van der Waals surface area (Å²) in [6, 6.07) is 13.0. The van der Waals surface area contributed by atoms with Crippen LogP contribution >= 0.6 is 0 Å². The van der Waals surface area contributed by atoms with Crippen LogP contribution in [-0.2, 0) is 4.74 Å². The van der Waals surface area contributed by atoms with Gasteiger partial charge in [0.25, 0.3) is 6.43 Å². The third-order valence-electron chi connectivity index (χ3n) is 5.77. The van der Waals surface area contributed by atoms with Crippen LogP contribution in [0.5, 0.6) is 0 Å². The van der Waals surface area contributed by atoms with E-state index in [9.17, 15) is 35.1 Å². The molecule has 1 nitrogen and oxygen atoms in total. The number of hydrogen-bond donors (Lipinski definition) is 0. The van der Waals surface area contributed by atoms with Gasteiger partial charge in [0.2, 0.25) is 5.83 Å². The van der Waals surface area contributed by atoms with Crippen LogP contribution < -0.4 is 0 Å². The Morgan fingerprint density at radius 2 is 1.11 bits per heavy atom. The van der Waals surface area contributed by atoms with Crippen molar-refractivity contribution in [3.05, 3.63) is 113 Å². The predicted molar refractivity (Wildman–Crippen MR) is 128 cm³/mol. The van der Waals surface area contributed by atoms with Gasteiger partial charge in [-0.05, 0) is 53.4 Å². The number of rotatable bonds is 7. The first-order chi connectivity index (χ1) is 18.1. The van der Waals surface area contributed by atoms with E-state index in [4.69, 9.17) is 0 Å². The van der Waals surface area contributed by atoms with Crippen LogP contribution in [0.25, 0.3) is 39.2 Å². The fourth-order valence-electron chi connectivity index (χ4n) is 3.91. The molecule has 0 heterocycles. The van der Waals surface area contributed by atoms with Crippen molar-refractivity contribution in [2.45, 2.75) is 13.3 Å². The van der Waals surface area contributed by atoms with Gasteiger partial charge in [0.05, 0.1) is 12.2 Å². The average Bonchev–Trinajstić information content (AvgIpc) is 2.87. The van der Waals surface area contributed by atoms with E-state index in [1.807, 2.05) is 0 Å². The lowest BCUT2D eigenvalue weighted by molar-refractivity contribution is 0.141. The molecule has 0 aliphatic rings. The van der Waals surface area contributed by atoms with Crippen molar-refractivity contribution in [2.75, 3.05) is 6.61 Å². The fraction of sp³-hybridized carbons (Fsp3) is 0.103. The summed E-state index contributed by atoms with van der Waals surface area (Å²) < 4.78 is 115. The molecule has 0 saturated carbocycles. The minimum Gasteiger partial charge on any atom is -0.469 e. The molecular weight excluding hydrogens is 516 g/mol. The molecule has 4 aromatic carbocycles. The Bertz CT molecular complexity index is 1490. The second-order valence-corrected chi connectivity index (χ2v) is 8.14. The lowest BCUT2D eigenvalue weighted by Crippen LogP contribution is -1.98. The zero-order chi connectivity index (χ0) is 27.6. The normalized spacial score (nSPS) is 12.1. The first kappa shape index (κ1) is 26.9. The molecule has 38 heavy (non-hydrogen) atoms. The lowest BCUT2D eigenvalue weighted by Gasteiger charge is -2.11. The van der Waals surface area contributed by atoms with Gasteiger partial charge in [0, 0.05) is 16.7 Å². The van der Waals surface area contributed by atoms with Crippen molar-refractivity contribution in [3.63, 3.8) is 0 Å². The Labute approximate surface area is 212 Å². The quantitative estimate of drug-likeness (QED) is 0.169. The number of hydrogen-bond acceptors (Lipinski definition) is 1. The van der Waals surface area contributed by atoms with Crippen LogP contribution in [0.3, 0.4) is 0 Å². The molecule has 0 unspecified atom stereocenters. The van der Waals surface area contributed by atoms with Gasteiger partial charge >= 0.3 is 6.01 Å². The van der Waals surface area contributed by atoms with Gasteiger partial charge in [-0.15, -0.1) is 0 Å². The van der Waals surface area contributed by atoms with E-state index in [2.05, 4.69) is 4.74 Å². The Morgan fingerprint density at radius 3 is 1.63 bits per heavy atom. The highest BCUT2D eigenvalue weighted by Gasteiger charge is 2.21. The van der Waals surface area contributed by atoms with Crippen LogP contribution in [0.1, 0.15) is 24.5 Å². The molecule has 0 bridgehead atoms. The van der Waals surface area contributed by atoms with E-state index in [0.29, 0.717) is 23.3 Å². The van der Waals surface area contributed by atoms with Crippen LogP contribution in [0.2, 0.25) is 0 Å². The first-order valence-electron chi connectivity index (χ1n) is 11.3. The Morgan fingerprint density at radius 1 is 0.632 bits per heavy atom. The van der Waals surface area contributed by atoms with Crippen molar-refractivity contribution in [1.29, 1.82) is 0 Å². The number of benzene rings is 4. The molecule has 0 aromatic heterocycles. The topological polar surface area (TPSA) is 9.23 Å². The van der Waals surface area contributed by atoms with Crippen molar-refractivity contribution in [2.24, 2.45) is 0 Å². The maximum absolute atomic E-state index is 15.0. The van der Waals surface area contributed by atoms with Crippen molar-refractivity contribution >= 4 is 5.83 Å². The average molecular weight is 534 g/mol. The Balaban J connectivity index is 1.61. The monoisotopic (exact) mass is 534 g/mol. The van der Waals surface area contributed by atoms with Crippen LogP contribution in [-0.4, -0.2) is 6.61 Å². The Hall–Kier alpha value is -4.14. The summed E-state index contributed by atoms with van der Waals surface area (Å²) in [5.41, 5.74) is -0.954. The van der Waals surface area contributed by atoms with E-state index in [0.717, 1.165) is 12.1 Å². The van der Waals surface area contributed by atoms with Gasteiger partial charge in [-0.3, -0.25) is 0 Å².